The molecule has 5 heteroatoms. The van der Waals surface area contributed by atoms with Crippen molar-refractivity contribution in [3.63, 3.8) is 0 Å². The van der Waals surface area contributed by atoms with Crippen molar-refractivity contribution < 1.29 is 9.13 Å². The van der Waals surface area contributed by atoms with Crippen LogP contribution in [0.5, 0.6) is 5.75 Å². The molecule has 0 unspecified atom stereocenters. The molecule has 1 aliphatic heterocycles. The van der Waals surface area contributed by atoms with Crippen LogP contribution in [0.1, 0.15) is 38.2 Å². The zero-order valence-electron chi connectivity index (χ0n) is 14.1. The summed E-state index contributed by atoms with van der Waals surface area (Å²) in [6, 6.07) is 5.03. The minimum atomic E-state index is -0.334. The van der Waals surface area contributed by atoms with E-state index in [1.54, 1.807) is 6.07 Å². The molecular formula is C18H26FN3O. The first-order valence-electron chi connectivity index (χ1n) is 8.51. The lowest BCUT2D eigenvalue weighted by atomic mass is 9.68. The number of aliphatic imine (C=N–C) groups is 1. The summed E-state index contributed by atoms with van der Waals surface area (Å²) in [5.41, 5.74) is 1.40. The lowest BCUT2D eigenvalue weighted by molar-refractivity contribution is 0.151. The van der Waals surface area contributed by atoms with Gasteiger partial charge in [0.25, 0.3) is 0 Å². The number of benzene rings is 1. The number of nitrogens with one attached hydrogen (secondary N) is 1. The Morgan fingerprint density at radius 3 is 2.78 bits per heavy atom. The Labute approximate surface area is 137 Å². The lowest BCUT2D eigenvalue weighted by Gasteiger charge is -2.38. The first kappa shape index (κ1) is 16.1. The van der Waals surface area contributed by atoms with E-state index in [0.29, 0.717) is 12.0 Å². The van der Waals surface area contributed by atoms with Gasteiger partial charge in [0.1, 0.15) is 0 Å². The summed E-state index contributed by atoms with van der Waals surface area (Å²) in [4.78, 5) is 7.07. The fourth-order valence-corrected chi connectivity index (χ4v) is 3.60. The maximum absolute atomic E-state index is 13.8. The maximum atomic E-state index is 13.8. The van der Waals surface area contributed by atoms with Gasteiger partial charge >= 0.3 is 0 Å². The summed E-state index contributed by atoms with van der Waals surface area (Å²) in [5.74, 6) is 0.892. The van der Waals surface area contributed by atoms with Crippen LogP contribution in [0.4, 0.5) is 4.39 Å². The third-order valence-corrected chi connectivity index (χ3v) is 5.11. The van der Waals surface area contributed by atoms with Gasteiger partial charge in [0.2, 0.25) is 0 Å². The normalized spacial score (nSPS) is 19.8. The van der Waals surface area contributed by atoms with Crippen molar-refractivity contribution in [3.05, 3.63) is 29.6 Å². The van der Waals surface area contributed by atoms with Crippen molar-refractivity contribution in [3.8, 4) is 5.75 Å². The number of hydrogen-bond donors (Lipinski definition) is 1. The summed E-state index contributed by atoms with van der Waals surface area (Å²) >= 11 is 0. The first-order chi connectivity index (χ1) is 11.2. The van der Waals surface area contributed by atoms with Crippen LogP contribution in [0.15, 0.2) is 23.2 Å². The van der Waals surface area contributed by atoms with Gasteiger partial charge in [-0.2, -0.15) is 0 Å². The topological polar surface area (TPSA) is 36.9 Å². The predicted octanol–water partition coefficient (Wildman–Crippen LogP) is 3.18. The molecular weight excluding hydrogens is 293 g/mol. The van der Waals surface area contributed by atoms with Gasteiger partial charge in [-0.1, -0.05) is 12.5 Å². The molecule has 1 saturated carbocycles. The van der Waals surface area contributed by atoms with Crippen molar-refractivity contribution in [2.45, 2.75) is 39.2 Å². The van der Waals surface area contributed by atoms with Crippen LogP contribution in [0.2, 0.25) is 0 Å². The average Bonchev–Trinajstić information content (AvgIpc) is 2.97. The molecule has 0 atom stereocenters. The Morgan fingerprint density at radius 2 is 2.22 bits per heavy atom. The van der Waals surface area contributed by atoms with E-state index in [4.69, 9.17) is 9.73 Å². The van der Waals surface area contributed by atoms with Crippen LogP contribution in [-0.2, 0) is 6.54 Å². The molecule has 0 radical (unpaired) electrons. The highest BCUT2D eigenvalue weighted by molar-refractivity contribution is 5.80. The number of methoxy groups -OCH3 is 1. The minimum absolute atomic E-state index is 0.274. The molecule has 1 aromatic rings. The first-order valence-corrected chi connectivity index (χ1v) is 8.51. The third kappa shape index (κ3) is 3.43. The number of rotatable bonds is 4. The van der Waals surface area contributed by atoms with Crippen LogP contribution >= 0.6 is 0 Å². The Morgan fingerprint density at radius 1 is 1.39 bits per heavy atom. The molecule has 1 aliphatic carbocycles. The fraction of sp³-hybridized carbons (Fsp3) is 0.611. The second-order valence-corrected chi connectivity index (χ2v) is 6.66. The summed E-state index contributed by atoms with van der Waals surface area (Å²) in [6.45, 7) is 5.59. The second-order valence-electron chi connectivity index (χ2n) is 6.66. The van der Waals surface area contributed by atoms with E-state index in [0.717, 1.165) is 31.2 Å². The molecule has 1 heterocycles. The Balaban J connectivity index is 1.68. The van der Waals surface area contributed by atoms with Gasteiger partial charge in [-0.25, -0.2) is 9.38 Å². The SMILES string of the molecule is CCNC(=NCc1ccc(OC)c(F)c1)N1CCC2(CCC2)C1. The van der Waals surface area contributed by atoms with Gasteiger partial charge < -0.3 is 15.0 Å². The molecule has 1 aromatic carbocycles. The van der Waals surface area contributed by atoms with Crippen molar-refractivity contribution in [2.24, 2.45) is 10.4 Å². The van der Waals surface area contributed by atoms with Gasteiger partial charge in [0, 0.05) is 19.6 Å². The summed E-state index contributed by atoms with van der Waals surface area (Å²) in [6.07, 6.45) is 5.35. The second kappa shape index (κ2) is 6.77. The highest BCUT2D eigenvalue weighted by atomic mass is 19.1. The Bertz CT molecular complexity index is 584. The number of guanidine groups is 1. The molecule has 23 heavy (non-hydrogen) atoms. The zero-order valence-corrected chi connectivity index (χ0v) is 14.1. The quantitative estimate of drug-likeness (QED) is 0.684. The predicted molar refractivity (Wildman–Crippen MR) is 90.2 cm³/mol. The molecule has 1 saturated heterocycles. The summed E-state index contributed by atoms with van der Waals surface area (Å²) in [7, 11) is 1.48. The maximum Gasteiger partial charge on any atom is 0.194 e. The molecule has 2 fully saturated rings. The van der Waals surface area contributed by atoms with E-state index in [2.05, 4.69) is 17.1 Å². The van der Waals surface area contributed by atoms with E-state index in [1.807, 2.05) is 6.07 Å². The fourth-order valence-electron chi connectivity index (χ4n) is 3.60. The van der Waals surface area contributed by atoms with Crippen molar-refractivity contribution in [1.29, 1.82) is 0 Å². The van der Waals surface area contributed by atoms with E-state index in [1.165, 1.54) is 38.9 Å². The van der Waals surface area contributed by atoms with Crippen LogP contribution in [0.3, 0.4) is 0 Å². The monoisotopic (exact) mass is 319 g/mol. The van der Waals surface area contributed by atoms with Gasteiger partial charge in [-0.3, -0.25) is 0 Å². The number of hydrogen-bond acceptors (Lipinski definition) is 2. The van der Waals surface area contributed by atoms with Gasteiger partial charge in [0.05, 0.1) is 13.7 Å². The standard InChI is InChI=1S/C18H26FN3O/c1-3-20-17(22-10-9-18(13-22)7-4-8-18)21-12-14-5-6-16(23-2)15(19)11-14/h5-6,11H,3-4,7-10,12-13H2,1-2H3,(H,20,21). The Kier molecular flexibility index (Phi) is 4.74. The third-order valence-electron chi connectivity index (χ3n) is 5.11. The molecule has 3 rings (SSSR count). The molecule has 4 nitrogen and oxygen atoms in total. The van der Waals surface area contributed by atoms with Crippen molar-refractivity contribution >= 4 is 5.96 Å². The molecule has 2 aliphatic rings. The van der Waals surface area contributed by atoms with Gasteiger partial charge in [-0.05, 0) is 49.3 Å². The highest BCUT2D eigenvalue weighted by Crippen LogP contribution is 2.47. The molecule has 1 N–H and O–H groups in total. The summed E-state index contributed by atoms with van der Waals surface area (Å²) < 4.78 is 18.7. The van der Waals surface area contributed by atoms with E-state index >= 15 is 0 Å². The summed E-state index contributed by atoms with van der Waals surface area (Å²) in [5, 5.41) is 3.38. The number of nitrogens with zero attached hydrogens (tertiary/aromatic N) is 2. The van der Waals surface area contributed by atoms with Crippen LogP contribution < -0.4 is 10.1 Å². The molecule has 1 spiro atoms. The number of halogens is 1. The Hall–Kier alpha value is -1.78. The lowest BCUT2D eigenvalue weighted by Crippen LogP contribution is -2.42. The minimum Gasteiger partial charge on any atom is -0.494 e. The van der Waals surface area contributed by atoms with Gasteiger partial charge in [-0.15, -0.1) is 0 Å². The van der Waals surface area contributed by atoms with Crippen molar-refractivity contribution in [2.75, 3.05) is 26.7 Å². The molecule has 0 amide bonds. The van der Waals surface area contributed by atoms with E-state index in [9.17, 15) is 4.39 Å². The average molecular weight is 319 g/mol. The molecule has 0 aromatic heterocycles. The largest absolute Gasteiger partial charge is 0.494 e. The van der Waals surface area contributed by atoms with Crippen LogP contribution in [-0.4, -0.2) is 37.6 Å². The van der Waals surface area contributed by atoms with Crippen molar-refractivity contribution in [1.82, 2.24) is 10.2 Å². The van der Waals surface area contributed by atoms with Crippen LogP contribution in [0, 0.1) is 11.2 Å². The van der Waals surface area contributed by atoms with E-state index < -0.39 is 0 Å². The van der Waals surface area contributed by atoms with E-state index in [-0.39, 0.29) is 11.6 Å². The molecule has 126 valence electrons. The number of ether oxygens (including phenoxy) is 1. The highest BCUT2D eigenvalue weighted by Gasteiger charge is 2.43. The van der Waals surface area contributed by atoms with Crippen LogP contribution in [0.25, 0.3) is 0 Å². The zero-order chi connectivity index (χ0) is 16.3. The number of likely N-dealkylation sites (tertiary alicyclic amines) is 1. The molecule has 0 bridgehead atoms. The smallest absolute Gasteiger partial charge is 0.194 e. The van der Waals surface area contributed by atoms with Gasteiger partial charge in [0.15, 0.2) is 17.5 Å².